The molecule has 8 heteroatoms. The summed E-state index contributed by atoms with van der Waals surface area (Å²) in [6, 6.07) is 3.40. The Balaban J connectivity index is 3.06. The molecule has 0 saturated heterocycles. The maximum atomic E-state index is 11.0. The molecular formula is C13H18N4O4. The summed E-state index contributed by atoms with van der Waals surface area (Å²) in [6.07, 6.45) is 0. The largest absolute Gasteiger partial charge is 0.301 e. The Hall–Kier alpha value is -2.51. The van der Waals surface area contributed by atoms with Gasteiger partial charge in [-0.25, -0.2) is 0 Å². The van der Waals surface area contributed by atoms with Crippen LogP contribution in [0.5, 0.6) is 0 Å². The molecule has 0 aromatic heterocycles. The second kappa shape index (κ2) is 6.78. The summed E-state index contributed by atoms with van der Waals surface area (Å²) in [7, 11) is 0. The molecule has 114 valence electrons. The standard InChI is InChI=1S/C13H18N4O4/c1-8(2)9(3)10(4)14-15-12-6-5-11(16(18)19)7-13(12)17(20)21/h5-9,15H,1-4H3/b14-10-/t9-/m0/s1. The number of hydrazone groups is 1. The van der Waals surface area contributed by atoms with Crippen LogP contribution in [0.15, 0.2) is 23.3 Å². The van der Waals surface area contributed by atoms with E-state index in [1.54, 1.807) is 0 Å². The molecule has 0 radical (unpaired) electrons. The van der Waals surface area contributed by atoms with Crippen LogP contribution >= 0.6 is 0 Å². The molecule has 0 fully saturated rings. The van der Waals surface area contributed by atoms with Gasteiger partial charge in [0.2, 0.25) is 0 Å². The van der Waals surface area contributed by atoms with Crippen LogP contribution in [0.25, 0.3) is 0 Å². The maximum absolute atomic E-state index is 11.0. The molecule has 1 aromatic rings. The molecular weight excluding hydrogens is 276 g/mol. The third-order valence-electron chi connectivity index (χ3n) is 3.40. The van der Waals surface area contributed by atoms with Crippen molar-refractivity contribution >= 4 is 22.8 Å². The van der Waals surface area contributed by atoms with Crippen molar-refractivity contribution in [3.05, 3.63) is 38.4 Å². The number of nitrogens with one attached hydrogen (secondary N) is 1. The molecule has 21 heavy (non-hydrogen) atoms. The third kappa shape index (κ3) is 4.23. The van der Waals surface area contributed by atoms with Crippen molar-refractivity contribution in [3.8, 4) is 0 Å². The molecule has 1 aromatic carbocycles. The molecule has 1 rings (SSSR count). The zero-order valence-corrected chi connectivity index (χ0v) is 12.4. The Morgan fingerprint density at radius 2 is 1.81 bits per heavy atom. The van der Waals surface area contributed by atoms with Crippen molar-refractivity contribution in [1.82, 2.24) is 0 Å². The minimum Gasteiger partial charge on any atom is -0.272 e. The first-order valence-electron chi connectivity index (χ1n) is 6.47. The van der Waals surface area contributed by atoms with Gasteiger partial charge in [-0.2, -0.15) is 5.10 Å². The first kappa shape index (κ1) is 16.5. The van der Waals surface area contributed by atoms with E-state index in [-0.39, 0.29) is 23.0 Å². The minimum atomic E-state index is -0.675. The topological polar surface area (TPSA) is 111 Å². The highest BCUT2D eigenvalue weighted by molar-refractivity contribution is 5.85. The molecule has 0 aliphatic heterocycles. The summed E-state index contributed by atoms with van der Waals surface area (Å²) < 4.78 is 0. The number of nitro benzene ring substituents is 2. The molecule has 0 bridgehead atoms. The number of nitro groups is 2. The number of hydrogen-bond acceptors (Lipinski definition) is 6. The second-order valence-electron chi connectivity index (χ2n) is 5.11. The van der Waals surface area contributed by atoms with Crippen LogP contribution in [-0.2, 0) is 0 Å². The predicted molar refractivity (Wildman–Crippen MR) is 80.5 cm³/mol. The summed E-state index contributed by atoms with van der Waals surface area (Å²) in [4.78, 5) is 20.3. The van der Waals surface area contributed by atoms with E-state index in [1.807, 2.05) is 13.8 Å². The van der Waals surface area contributed by atoms with Gasteiger partial charge in [-0.05, 0) is 24.8 Å². The monoisotopic (exact) mass is 294 g/mol. The van der Waals surface area contributed by atoms with E-state index < -0.39 is 9.85 Å². The first-order chi connectivity index (χ1) is 9.73. The highest BCUT2D eigenvalue weighted by Crippen LogP contribution is 2.29. The van der Waals surface area contributed by atoms with Gasteiger partial charge >= 0.3 is 5.69 Å². The van der Waals surface area contributed by atoms with Gasteiger partial charge in [-0.1, -0.05) is 20.8 Å². The summed E-state index contributed by atoms with van der Waals surface area (Å²) in [5.74, 6) is 0.608. The number of hydrogen-bond donors (Lipinski definition) is 1. The Morgan fingerprint density at radius 3 is 2.29 bits per heavy atom. The number of anilines is 1. The van der Waals surface area contributed by atoms with E-state index >= 15 is 0 Å². The van der Waals surface area contributed by atoms with Crippen molar-refractivity contribution < 1.29 is 9.85 Å². The maximum Gasteiger partial charge on any atom is 0.301 e. The van der Waals surface area contributed by atoms with E-state index in [2.05, 4.69) is 24.4 Å². The average molecular weight is 294 g/mol. The predicted octanol–water partition coefficient (Wildman–Crippen LogP) is 3.58. The van der Waals surface area contributed by atoms with Gasteiger partial charge in [0.25, 0.3) is 5.69 Å². The third-order valence-corrected chi connectivity index (χ3v) is 3.40. The van der Waals surface area contributed by atoms with Crippen molar-refractivity contribution in [2.24, 2.45) is 16.9 Å². The van der Waals surface area contributed by atoms with Crippen molar-refractivity contribution in [1.29, 1.82) is 0 Å². The Bertz CT molecular complexity index is 584. The molecule has 8 nitrogen and oxygen atoms in total. The molecule has 1 atom stereocenters. The zero-order valence-electron chi connectivity index (χ0n) is 12.4. The lowest BCUT2D eigenvalue weighted by molar-refractivity contribution is -0.393. The normalized spacial score (nSPS) is 13.1. The van der Waals surface area contributed by atoms with Crippen LogP contribution in [-0.4, -0.2) is 15.6 Å². The highest BCUT2D eigenvalue weighted by atomic mass is 16.6. The van der Waals surface area contributed by atoms with Crippen LogP contribution < -0.4 is 5.43 Å². The van der Waals surface area contributed by atoms with Gasteiger partial charge in [0, 0.05) is 11.8 Å². The van der Waals surface area contributed by atoms with Gasteiger partial charge in [-0.3, -0.25) is 25.7 Å². The summed E-state index contributed by atoms with van der Waals surface area (Å²) in [6.45, 7) is 7.94. The van der Waals surface area contributed by atoms with E-state index in [0.717, 1.165) is 11.8 Å². The van der Waals surface area contributed by atoms with E-state index in [9.17, 15) is 20.2 Å². The summed E-state index contributed by atoms with van der Waals surface area (Å²) in [5.41, 5.74) is 2.84. The minimum absolute atomic E-state index is 0.126. The average Bonchev–Trinajstić information content (AvgIpc) is 2.43. The fourth-order valence-corrected chi connectivity index (χ4v) is 1.61. The lowest BCUT2D eigenvalue weighted by Crippen LogP contribution is -2.15. The second-order valence-corrected chi connectivity index (χ2v) is 5.11. The van der Waals surface area contributed by atoms with Gasteiger partial charge in [0.1, 0.15) is 5.69 Å². The Morgan fingerprint density at radius 1 is 1.19 bits per heavy atom. The molecule has 0 saturated carbocycles. The van der Waals surface area contributed by atoms with Gasteiger partial charge in [0.05, 0.1) is 15.9 Å². The molecule has 1 N–H and O–H groups in total. The molecule has 0 spiro atoms. The summed E-state index contributed by atoms with van der Waals surface area (Å²) in [5, 5.41) is 25.8. The van der Waals surface area contributed by atoms with Crippen LogP contribution in [0.3, 0.4) is 0 Å². The van der Waals surface area contributed by atoms with Crippen LogP contribution in [0, 0.1) is 32.1 Å². The summed E-state index contributed by atoms with van der Waals surface area (Å²) >= 11 is 0. The van der Waals surface area contributed by atoms with E-state index in [1.165, 1.54) is 12.1 Å². The molecule has 0 unspecified atom stereocenters. The van der Waals surface area contributed by atoms with Crippen molar-refractivity contribution in [2.45, 2.75) is 27.7 Å². The SMILES string of the molecule is C/C(=N/Nc1ccc([N+](=O)[O-])cc1[N+](=O)[O-])[C@@H](C)C(C)C. The van der Waals surface area contributed by atoms with Crippen LogP contribution in [0.4, 0.5) is 17.1 Å². The molecule has 0 heterocycles. The smallest absolute Gasteiger partial charge is 0.272 e. The lowest BCUT2D eigenvalue weighted by Gasteiger charge is -2.15. The quantitative estimate of drug-likeness (QED) is 0.489. The van der Waals surface area contributed by atoms with Crippen molar-refractivity contribution in [3.63, 3.8) is 0 Å². The van der Waals surface area contributed by atoms with Gasteiger partial charge in [0.15, 0.2) is 0 Å². The zero-order chi connectivity index (χ0) is 16.2. The number of non-ortho nitro benzene ring substituents is 1. The van der Waals surface area contributed by atoms with E-state index in [0.29, 0.717) is 5.92 Å². The fourth-order valence-electron chi connectivity index (χ4n) is 1.61. The molecule has 0 aliphatic carbocycles. The van der Waals surface area contributed by atoms with Gasteiger partial charge in [-0.15, -0.1) is 0 Å². The number of rotatable bonds is 6. The van der Waals surface area contributed by atoms with E-state index in [4.69, 9.17) is 0 Å². The molecule has 0 aliphatic rings. The Labute approximate surface area is 122 Å². The van der Waals surface area contributed by atoms with Crippen LogP contribution in [0.1, 0.15) is 27.7 Å². The lowest BCUT2D eigenvalue weighted by atomic mass is 9.94. The molecule has 0 amide bonds. The highest BCUT2D eigenvalue weighted by Gasteiger charge is 2.19. The number of benzene rings is 1. The first-order valence-corrected chi connectivity index (χ1v) is 6.47. The van der Waals surface area contributed by atoms with Crippen molar-refractivity contribution in [2.75, 3.05) is 5.43 Å². The Kier molecular flexibility index (Phi) is 5.34. The number of nitrogens with zero attached hydrogens (tertiary/aromatic N) is 3. The van der Waals surface area contributed by atoms with Crippen LogP contribution in [0.2, 0.25) is 0 Å². The van der Waals surface area contributed by atoms with Gasteiger partial charge < -0.3 is 0 Å². The fraction of sp³-hybridized carbons (Fsp3) is 0.462.